The molecule has 0 aliphatic rings. The first kappa shape index (κ1) is 16.2. The summed E-state index contributed by atoms with van der Waals surface area (Å²) in [6.07, 6.45) is 7.72. The number of benzene rings is 2. The van der Waals surface area contributed by atoms with Crippen LogP contribution in [-0.4, -0.2) is 0 Å². The molecular weight excluding hydrogens is 240 g/mol. The Bertz CT molecular complexity index is 471. The second-order valence-corrected chi connectivity index (χ2v) is 4.70. The van der Waals surface area contributed by atoms with Crippen molar-refractivity contribution < 1.29 is 0 Å². The standard InChI is InChI=1S/C10H14.C10H12/c1-3-9-7-5-6-8-10(9)4-2;1-2-3-7-10-8-5-4-6-9-10/h5-8H,3-4H2,1-2H3;3-9H,2H2,1H3. The summed E-state index contributed by atoms with van der Waals surface area (Å²) < 4.78 is 0. The molecule has 0 heteroatoms. The van der Waals surface area contributed by atoms with E-state index in [1.54, 1.807) is 0 Å². The summed E-state index contributed by atoms with van der Waals surface area (Å²) in [5.74, 6) is 0. The lowest BCUT2D eigenvalue weighted by Crippen LogP contribution is -1.88. The summed E-state index contributed by atoms with van der Waals surface area (Å²) in [6, 6.07) is 19.0. The van der Waals surface area contributed by atoms with Gasteiger partial charge in [0.25, 0.3) is 0 Å². The fraction of sp³-hybridized carbons (Fsp3) is 0.300. The topological polar surface area (TPSA) is 0 Å². The Balaban J connectivity index is 0.000000200. The van der Waals surface area contributed by atoms with Gasteiger partial charge in [-0.15, -0.1) is 0 Å². The van der Waals surface area contributed by atoms with Crippen LogP contribution in [0.1, 0.15) is 43.9 Å². The number of hydrogen-bond donors (Lipinski definition) is 0. The van der Waals surface area contributed by atoms with Crippen LogP contribution in [-0.2, 0) is 12.8 Å². The molecule has 0 unspecified atom stereocenters. The van der Waals surface area contributed by atoms with E-state index in [9.17, 15) is 0 Å². The van der Waals surface area contributed by atoms with Crippen LogP contribution in [0.3, 0.4) is 0 Å². The van der Waals surface area contributed by atoms with E-state index in [4.69, 9.17) is 0 Å². The predicted octanol–water partition coefficient (Wildman–Crippen LogP) is 5.92. The van der Waals surface area contributed by atoms with Crippen molar-refractivity contribution in [3.8, 4) is 0 Å². The highest BCUT2D eigenvalue weighted by Crippen LogP contribution is 2.09. The number of hydrogen-bond acceptors (Lipinski definition) is 0. The minimum absolute atomic E-state index is 1.11. The molecule has 0 radical (unpaired) electrons. The molecule has 0 atom stereocenters. The molecule has 0 aliphatic heterocycles. The minimum Gasteiger partial charge on any atom is -0.0842 e. The zero-order valence-electron chi connectivity index (χ0n) is 13.0. The van der Waals surface area contributed by atoms with Crippen LogP contribution in [0.2, 0.25) is 0 Å². The van der Waals surface area contributed by atoms with Crippen molar-refractivity contribution in [1.29, 1.82) is 0 Å². The molecule has 106 valence electrons. The third-order valence-corrected chi connectivity index (χ3v) is 3.23. The third-order valence-electron chi connectivity index (χ3n) is 3.23. The maximum absolute atomic E-state index is 2.21. The van der Waals surface area contributed by atoms with Gasteiger partial charge in [-0.25, -0.2) is 0 Å². The fourth-order valence-corrected chi connectivity index (χ4v) is 2.07. The molecule has 0 heterocycles. The maximum atomic E-state index is 2.21. The first-order valence-corrected chi connectivity index (χ1v) is 7.60. The Morgan fingerprint density at radius 3 is 1.65 bits per heavy atom. The van der Waals surface area contributed by atoms with E-state index in [1.807, 2.05) is 6.07 Å². The van der Waals surface area contributed by atoms with Gasteiger partial charge in [0.05, 0.1) is 0 Å². The van der Waals surface area contributed by atoms with E-state index in [0.717, 1.165) is 19.3 Å². The molecule has 0 N–H and O–H groups in total. The summed E-state index contributed by atoms with van der Waals surface area (Å²) in [5, 5.41) is 0. The van der Waals surface area contributed by atoms with Crippen LogP contribution >= 0.6 is 0 Å². The smallest absolute Gasteiger partial charge is 0.0260 e. The van der Waals surface area contributed by atoms with Gasteiger partial charge in [0.15, 0.2) is 0 Å². The van der Waals surface area contributed by atoms with Crippen LogP contribution in [0.15, 0.2) is 60.7 Å². The predicted molar refractivity (Wildman–Crippen MR) is 91.0 cm³/mol. The quantitative estimate of drug-likeness (QED) is 0.644. The Hall–Kier alpha value is -1.82. The van der Waals surface area contributed by atoms with Crippen molar-refractivity contribution in [2.45, 2.75) is 40.0 Å². The number of aryl methyl sites for hydroxylation is 2. The van der Waals surface area contributed by atoms with Gasteiger partial charge >= 0.3 is 0 Å². The van der Waals surface area contributed by atoms with Crippen molar-refractivity contribution in [2.75, 3.05) is 0 Å². The summed E-state index contributed by atoms with van der Waals surface area (Å²) in [6.45, 7) is 6.54. The molecule has 20 heavy (non-hydrogen) atoms. The average Bonchev–Trinajstić information content (AvgIpc) is 2.54. The van der Waals surface area contributed by atoms with Gasteiger partial charge < -0.3 is 0 Å². The van der Waals surface area contributed by atoms with Gasteiger partial charge in [-0.3, -0.25) is 0 Å². The van der Waals surface area contributed by atoms with Crippen LogP contribution in [0, 0.1) is 0 Å². The van der Waals surface area contributed by atoms with Crippen molar-refractivity contribution in [3.63, 3.8) is 0 Å². The van der Waals surface area contributed by atoms with E-state index >= 15 is 0 Å². The van der Waals surface area contributed by atoms with Crippen LogP contribution in [0.5, 0.6) is 0 Å². The van der Waals surface area contributed by atoms with Gasteiger partial charge in [0.2, 0.25) is 0 Å². The highest BCUT2D eigenvalue weighted by atomic mass is 14.0. The van der Waals surface area contributed by atoms with Crippen LogP contribution in [0.25, 0.3) is 6.08 Å². The average molecular weight is 266 g/mol. The zero-order valence-corrected chi connectivity index (χ0v) is 13.0. The van der Waals surface area contributed by atoms with Crippen molar-refractivity contribution in [1.82, 2.24) is 0 Å². The van der Waals surface area contributed by atoms with Crippen molar-refractivity contribution >= 4 is 6.08 Å². The summed E-state index contributed by atoms with van der Waals surface area (Å²) >= 11 is 0. The lowest BCUT2D eigenvalue weighted by molar-refractivity contribution is 1.04. The van der Waals surface area contributed by atoms with E-state index in [-0.39, 0.29) is 0 Å². The molecular formula is C20H26. The van der Waals surface area contributed by atoms with Gasteiger partial charge in [-0.05, 0) is 36.0 Å². The highest BCUT2D eigenvalue weighted by molar-refractivity contribution is 5.48. The Morgan fingerprint density at radius 1 is 0.700 bits per heavy atom. The second kappa shape index (κ2) is 10.0. The Morgan fingerprint density at radius 2 is 1.20 bits per heavy atom. The van der Waals surface area contributed by atoms with Crippen LogP contribution in [0.4, 0.5) is 0 Å². The van der Waals surface area contributed by atoms with Gasteiger partial charge in [0.1, 0.15) is 0 Å². The van der Waals surface area contributed by atoms with E-state index < -0.39 is 0 Å². The molecule has 0 saturated carbocycles. The minimum atomic E-state index is 1.11. The Labute approximate surface area is 124 Å². The SMILES string of the molecule is CCC=Cc1ccccc1.CCc1ccccc1CC. The van der Waals surface area contributed by atoms with Gasteiger partial charge in [-0.1, -0.05) is 87.5 Å². The Kier molecular flexibility index (Phi) is 8.14. The molecule has 2 rings (SSSR count). The molecule has 0 amide bonds. The third kappa shape index (κ3) is 5.88. The molecule has 2 aromatic rings. The number of rotatable bonds is 4. The maximum Gasteiger partial charge on any atom is -0.0260 e. The molecule has 0 spiro atoms. The summed E-state index contributed by atoms with van der Waals surface area (Å²) in [4.78, 5) is 0. The molecule has 0 saturated heterocycles. The van der Waals surface area contributed by atoms with E-state index in [2.05, 4.69) is 81.5 Å². The second-order valence-electron chi connectivity index (χ2n) is 4.70. The summed E-state index contributed by atoms with van der Waals surface area (Å²) in [5.41, 5.74) is 4.26. The molecule has 0 aromatic heterocycles. The fourth-order valence-electron chi connectivity index (χ4n) is 2.07. The van der Waals surface area contributed by atoms with E-state index in [0.29, 0.717) is 0 Å². The molecule has 0 fully saturated rings. The van der Waals surface area contributed by atoms with Gasteiger partial charge in [-0.2, -0.15) is 0 Å². The van der Waals surface area contributed by atoms with Gasteiger partial charge in [0, 0.05) is 0 Å². The molecule has 0 aliphatic carbocycles. The first-order valence-electron chi connectivity index (χ1n) is 7.60. The first-order chi connectivity index (χ1) is 9.81. The van der Waals surface area contributed by atoms with Crippen LogP contribution < -0.4 is 0 Å². The number of allylic oxidation sites excluding steroid dienone is 1. The largest absolute Gasteiger partial charge is 0.0842 e. The molecule has 0 nitrogen and oxygen atoms in total. The van der Waals surface area contributed by atoms with E-state index in [1.165, 1.54) is 16.7 Å². The zero-order chi connectivity index (χ0) is 14.6. The summed E-state index contributed by atoms with van der Waals surface area (Å²) in [7, 11) is 0. The van der Waals surface area contributed by atoms with Crippen molar-refractivity contribution in [3.05, 3.63) is 77.4 Å². The lowest BCUT2D eigenvalue weighted by atomic mass is 10.0. The monoisotopic (exact) mass is 266 g/mol. The normalized spacial score (nSPS) is 10.2. The molecule has 2 aromatic carbocycles. The van der Waals surface area contributed by atoms with Crippen molar-refractivity contribution in [2.24, 2.45) is 0 Å². The highest BCUT2D eigenvalue weighted by Gasteiger charge is 1.93. The lowest BCUT2D eigenvalue weighted by Gasteiger charge is -2.02. The molecule has 0 bridgehead atoms.